The van der Waals surface area contributed by atoms with Crippen LogP contribution in [-0.2, 0) is 0 Å². The molecule has 0 spiro atoms. The molecule has 0 fully saturated rings. The lowest BCUT2D eigenvalue weighted by molar-refractivity contribution is 0.479. The van der Waals surface area contributed by atoms with Gasteiger partial charge in [-0.3, -0.25) is 4.98 Å². The van der Waals surface area contributed by atoms with Gasteiger partial charge in [-0.25, -0.2) is 4.98 Å². The first-order chi connectivity index (χ1) is 7.24. The molecular weight excluding hydrogens is 235 g/mol. The van der Waals surface area contributed by atoms with Crippen molar-refractivity contribution in [2.45, 2.75) is 0 Å². The summed E-state index contributed by atoms with van der Waals surface area (Å²) >= 11 is 11.5. The highest BCUT2D eigenvalue weighted by atomic mass is 35.5. The van der Waals surface area contributed by atoms with Crippen molar-refractivity contribution in [3.63, 3.8) is 0 Å². The molecular formula is C10H6Cl2N2O. The predicted octanol–water partition coefficient (Wildman–Crippen LogP) is 3.58. The molecule has 0 radical (unpaired) electrons. The molecule has 2 aromatic heterocycles. The third-order valence-corrected chi connectivity index (χ3v) is 2.03. The molecule has 0 saturated carbocycles. The summed E-state index contributed by atoms with van der Waals surface area (Å²) in [6, 6.07) is 4.98. The van der Waals surface area contributed by atoms with E-state index in [-0.39, 0.29) is 0 Å². The van der Waals surface area contributed by atoms with Crippen LogP contribution in [0, 0.1) is 0 Å². The van der Waals surface area contributed by atoms with Gasteiger partial charge in [0.25, 0.3) is 0 Å². The van der Waals surface area contributed by atoms with Crippen LogP contribution in [0.1, 0.15) is 0 Å². The minimum atomic E-state index is 0.377. The highest BCUT2D eigenvalue weighted by molar-refractivity contribution is 6.30. The van der Waals surface area contributed by atoms with Crippen molar-refractivity contribution >= 4 is 23.2 Å². The Bertz CT molecular complexity index is 433. The van der Waals surface area contributed by atoms with E-state index in [0.29, 0.717) is 21.7 Å². The molecule has 2 rings (SSSR count). The van der Waals surface area contributed by atoms with E-state index in [0.717, 1.165) is 0 Å². The second-order valence-electron chi connectivity index (χ2n) is 2.76. The van der Waals surface area contributed by atoms with Gasteiger partial charge in [-0.2, -0.15) is 0 Å². The van der Waals surface area contributed by atoms with Crippen LogP contribution in [0.25, 0.3) is 0 Å². The molecule has 5 heteroatoms. The number of hydrogen-bond donors (Lipinski definition) is 0. The normalized spacial score (nSPS) is 10.0. The van der Waals surface area contributed by atoms with E-state index in [1.807, 2.05) is 0 Å². The second-order valence-corrected chi connectivity index (χ2v) is 3.58. The first-order valence-corrected chi connectivity index (χ1v) is 4.89. The Morgan fingerprint density at radius 3 is 2.67 bits per heavy atom. The molecule has 76 valence electrons. The van der Waals surface area contributed by atoms with E-state index in [1.54, 1.807) is 30.6 Å². The van der Waals surface area contributed by atoms with Gasteiger partial charge in [0, 0.05) is 24.5 Å². The van der Waals surface area contributed by atoms with Gasteiger partial charge in [0.05, 0.1) is 11.2 Å². The van der Waals surface area contributed by atoms with Gasteiger partial charge in [0.2, 0.25) is 0 Å². The average Bonchev–Trinajstić information content (AvgIpc) is 2.17. The quantitative estimate of drug-likeness (QED) is 0.753. The Labute approximate surface area is 96.6 Å². The molecule has 3 nitrogen and oxygen atoms in total. The molecule has 0 atom stereocenters. The number of hydrogen-bond acceptors (Lipinski definition) is 3. The molecule has 0 bridgehead atoms. The van der Waals surface area contributed by atoms with Gasteiger partial charge in [0.1, 0.15) is 16.7 Å². The fraction of sp³-hybridized carbons (Fsp3) is 0. The number of pyridine rings is 2. The monoisotopic (exact) mass is 240 g/mol. The largest absolute Gasteiger partial charge is 0.456 e. The lowest BCUT2D eigenvalue weighted by Crippen LogP contribution is -1.85. The van der Waals surface area contributed by atoms with E-state index in [2.05, 4.69) is 9.97 Å². The summed E-state index contributed by atoms with van der Waals surface area (Å²) in [5.74, 6) is 1.16. The van der Waals surface area contributed by atoms with Gasteiger partial charge in [-0.15, -0.1) is 0 Å². The van der Waals surface area contributed by atoms with Crippen LogP contribution in [0.5, 0.6) is 11.5 Å². The number of rotatable bonds is 2. The second kappa shape index (κ2) is 4.47. The molecule has 0 N–H and O–H groups in total. The van der Waals surface area contributed by atoms with Gasteiger partial charge in [0.15, 0.2) is 0 Å². The average molecular weight is 241 g/mol. The minimum absolute atomic E-state index is 0.377. The van der Waals surface area contributed by atoms with Gasteiger partial charge in [-0.05, 0) is 6.07 Å². The summed E-state index contributed by atoms with van der Waals surface area (Å²) in [6.07, 6.45) is 4.67. The van der Waals surface area contributed by atoms with E-state index in [1.165, 1.54) is 6.20 Å². The highest BCUT2D eigenvalue weighted by Crippen LogP contribution is 2.23. The first kappa shape index (κ1) is 10.2. The van der Waals surface area contributed by atoms with Crippen LogP contribution in [0.15, 0.2) is 36.8 Å². The molecule has 15 heavy (non-hydrogen) atoms. The van der Waals surface area contributed by atoms with Crippen molar-refractivity contribution in [3.05, 3.63) is 47.0 Å². The summed E-state index contributed by atoms with van der Waals surface area (Å²) in [6.45, 7) is 0. The van der Waals surface area contributed by atoms with E-state index in [9.17, 15) is 0 Å². The SMILES string of the molecule is Clc1cncc(Oc2ccnc(Cl)c2)c1. The van der Waals surface area contributed by atoms with E-state index < -0.39 is 0 Å². The molecule has 0 aliphatic rings. The zero-order valence-corrected chi connectivity index (χ0v) is 9.03. The number of halogens is 2. The van der Waals surface area contributed by atoms with Crippen molar-refractivity contribution < 1.29 is 4.74 Å². The molecule has 0 amide bonds. The summed E-state index contributed by atoms with van der Waals surface area (Å²) in [5.41, 5.74) is 0. The topological polar surface area (TPSA) is 35.0 Å². The molecule has 2 aromatic rings. The smallest absolute Gasteiger partial charge is 0.147 e. The highest BCUT2D eigenvalue weighted by Gasteiger charge is 1.99. The Kier molecular flexibility index (Phi) is 3.04. The standard InChI is InChI=1S/C10H6Cl2N2O/c11-7-3-9(6-13-5-7)15-8-1-2-14-10(12)4-8/h1-6H. The zero-order valence-electron chi connectivity index (χ0n) is 7.52. The summed E-state index contributed by atoms with van der Waals surface area (Å²) in [4.78, 5) is 7.74. The zero-order chi connectivity index (χ0) is 10.7. The summed E-state index contributed by atoms with van der Waals surface area (Å²) < 4.78 is 5.47. The van der Waals surface area contributed by atoms with Crippen LogP contribution < -0.4 is 4.74 Å². The third-order valence-electron chi connectivity index (χ3n) is 1.61. The van der Waals surface area contributed by atoms with Crippen LogP contribution in [0.2, 0.25) is 10.2 Å². The molecule has 0 aliphatic carbocycles. The Morgan fingerprint density at radius 1 is 1.07 bits per heavy atom. The van der Waals surface area contributed by atoms with Crippen LogP contribution in [0.4, 0.5) is 0 Å². The Balaban J connectivity index is 2.22. The van der Waals surface area contributed by atoms with Crippen LogP contribution >= 0.6 is 23.2 Å². The van der Waals surface area contributed by atoms with Crippen LogP contribution in [-0.4, -0.2) is 9.97 Å². The Hall–Kier alpha value is -1.32. The maximum absolute atomic E-state index is 5.76. The third kappa shape index (κ3) is 2.81. The maximum atomic E-state index is 5.76. The molecule has 0 aliphatic heterocycles. The summed E-state index contributed by atoms with van der Waals surface area (Å²) in [7, 11) is 0. The van der Waals surface area contributed by atoms with Crippen molar-refractivity contribution in [2.75, 3.05) is 0 Å². The number of nitrogens with zero attached hydrogens (tertiary/aromatic N) is 2. The van der Waals surface area contributed by atoms with Crippen molar-refractivity contribution in [3.8, 4) is 11.5 Å². The fourth-order valence-corrected chi connectivity index (χ4v) is 1.36. The van der Waals surface area contributed by atoms with E-state index >= 15 is 0 Å². The van der Waals surface area contributed by atoms with E-state index in [4.69, 9.17) is 27.9 Å². The van der Waals surface area contributed by atoms with Crippen molar-refractivity contribution in [2.24, 2.45) is 0 Å². The van der Waals surface area contributed by atoms with Gasteiger partial charge in [-0.1, -0.05) is 23.2 Å². The van der Waals surface area contributed by atoms with Crippen molar-refractivity contribution in [1.82, 2.24) is 9.97 Å². The lowest BCUT2D eigenvalue weighted by Gasteiger charge is -2.04. The molecule has 0 aromatic carbocycles. The van der Waals surface area contributed by atoms with Gasteiger partial charge >= 0.3 is 0 Å². The lowest BCUT2D eigenvalue weighted by atomic mass is 10.4. The number of ether oxygens (including phenoxy) is 1. The fourth-order valence-electron chi connectivity index (χ4n) is 1.03. The van der Waals surface area contributed by atoms with Crippen LogP contribution in [0.3, 0.4) is 0 Å². The summed E-state index contributed by atoms with van der Waals surface area (Å²) in [5, 5.41) is 0.898. The molecule has 0 unspecified atom stereocenters. The van der Waals surface area contributed by atoms with Gasteiger partial charge < -0.3 is 4.74 Å². The maximum Gasteiger partial charge on any atom is 0.147 e. The predicted molar refractivity (Wildman–Crippen MR) is 58.6 cm³/mol. The first-order valence-electron chi connectivity index (χ1n) is 4.14. The minimum Gasteiger partial charge on any atom is -0.456 e. The molecule has 0 saturated heterocycles. The van der Waals surface area contributed by atoms with Crippen molar-refractivity contribution in [1.29, 1.82) is 0 Å². The molecule has 2 heterocycles. The number of aromatic nitrogens is 2. The Morgan fingerprint density at radius 2 is 1.93 bits per heavy atom.